The van der Waals surface area contributed by atoms with Crippen molar-refractivity contribution in [1.29, 1.82) is 0 Å². The third-order valence-electron chi connectivity index (χ3n) is 3.96. The predicted octanol–water partition coefficient (Wildman–Crippen LogP) is 2.07. The Kier molecular flexibility index (Phi) is 3.82. The lowest BCUT2D eigenvalue weighted by molar-refractivity contribution is 0.157. The van der Waals surface area contributed by atoms with Crippen LogP contribution in [0.1, 0.15) is 51.4 Å². The molecular weight excluding hydrogens is 174 g/mol. The number of aliphatic hydroxyl groups is 1. The molecule has 0 spiro atoms. The Hall–Kier alpha value is -0.0800. The fourth-order valence-corrected chi connectivity index (χ4v) is 3.11. The number of nitrogens with one attached hydrogen (secondary N) is 1. The smallest absolute Gasteiger partial charge is 0.0584 e. The van der Waals surface area contributed by atoms with Crippen LogP contribution in [0.4, 0.5) is 0 Å². The third kappa shape index (κ3) is 2.48. The standard InChI is InChI=1S/C12H23NO/c14-9-11-7-4-8-12(13-11)10-5-2-1-3-6-10/h10-14H,1-9H2/t11-,12+/m0/s1. The summed E-state index contributed by atoms with van der Waals surface area (Å²) in [5.74, 6) is 0.901. The molecule has 82 valence electrons. The molecule has 0 aromatic heterocycles. The number of hydrogen-bond donors (Lipinski definition) is 2. The molecule has 2 atom stereocenters. The van der Waals surface area contributed by atoms with Crippen molar-refractivity contribution in [2.45, 2.75) is 63.5 Å². The van der Waals surface area contributed by atoms with E-state index in [1.807, 2.05) is 0 Å². The normalized spacial score (nSPS) is 35.8. The summed E-state index contributed by atoms with van der Waals surface area (Å²) in [6.45, 7) is 0.323. The zero-order valence-electron chi connectivity index (χ0n) is 9.04. The Morgan fingerprint density at radius 2 is 1.71 bits per heavy atom. The highest BCUT2D eigenvalue weighted by Gasteiger charge is 2.28. The maximum absolute atomic E-state index is 9.14. The summed E-state index contributed by atoms with van der Waals surface area (Å²) in [6.07, 6.45) is 10.9. The van der Waals surface area contributed by atoms with Gasteiger partial charge in [-0.1, -0.05) is 25.7 Å². The van der Waals surface area contributed by atoms with Crippen molar-refractivity contribution in [1.82, 2.24) is 5.32 Å². The van der Waals surface area contributed by atoms with Crippen LogP contribution in [0, 0.1) is 5.92 Å². The largest absolute Gasteiger partial charge is 0.395 e. The van der Waals surface area contributed by atoms with Gasteiger partial charge < -0.3 is 10.4 Å². The summed E-state index contributed by atoms with van der Waals surface area (Å²) in [6, 6.07) is 1.09. The van der Waals surface area contributed by atoms with E-state index in [4.69, 9.17) is 5.11 Å². The van der Waals surface area contributed by atoms with Crippen molar-refractivity contribution in [3.05, 3.63) is 0 Å². The molecule has 2 nitrogen and oxygen atoms in total. The first-order valence-corrected chi connectivity index (χ1v) is 6.27. The SMILES string of the molecule is OC[C@@H]1CCC[C@H](C2CCCCC2)N1. The molecule has 2 N–H and O–H groups in total. The molecule has 0 unspecified atom stereocenters. The van der Waals surface area contributed by atoms with Crippen LogP contribution in [0.15, 0.2) is 0 Å². The first-order chi connectivity index (χ1) is 6.90. The van der Waals surface area contributed by atoms with Gasteiger partial charge in [-0.15, -0.1) is 0 Å². The van der Waals surface area contributed by atoms with E-state index in [0.29, 0.717) is 18.7 Å². The maximum Gasteiger partial charge on any atom is 0.0584 e. The number of hydrogen-bond acceptors (Lipinski definition) is 2. The molecular formula is C12H23NO. The highest BCUT2D eigenvalue weighted by atomic mass is 16.3. The lowest BCUT2D eigenvalue weighted by atomic mass is 9.80. The predicted molar refractivity (Wildman–Crippen MR) is 58.2 cm³/mol. The fourth-order valence-electron chi connectivity index (χ4n) is 3.11. The Labute approximate surface area is 87.1 Å². The van der Waals surface area contributed by atoms with Crippen LogP contribution in [0.25, 0.3) is 0 Å². The van der Waals surface area contributed by atoms with Crippen molar-refractivity contribution in [3.63, 3.8) is 0 Å². The van der Waals surface area contributed by atoms with Gasteiger partial charge in [0.1, 0.15) is 0 Å². The van der Waals surface area contributed by atoms with Crippen LogP contribution >= 0.6 is 0 Å². The lowest BCUT2D eigenvalue weighted by Crippen LogP contribution is -2.48. The second kappa shape index (κ2) is 5.13. The Morgan fingerprint density at radius 3 is 2.43 bits per heavy atom. The van der Waals surface area contributed by atoms with Crippen molar-refractivity contribution in [2.24, 2.45) is 5.92 Å². The summed E-state index contributed by atoms with van der Waals surface area (Å²) < 4.78 is 0. The van der Waals surface area contributed by atoms with E-state index in [-0.39, 0.29) is 0 Å². The molecule has 2 rings (SSSR count). The molecule has 0 aromatic rings. The summed E-state index contributed by atoms with van der Waals surface area (Å²) in [5, 5.41) is 12.8. The zero-order valence-corrected chi connectivity index (χ0v) is 9.04. The van der Waals surface area contributed by atoms with Crippen LogP contribution in [0.2, 0.25) is 0 Å². The molecule has 14 heavy (non-hydrogen) atoms. The lowest BCUT2D eigenvalue weighted by Gasteiger charge is -2.37. The minimum atomic E-state index is 0.323. The molecule has 1 saturated heterocycles. The highest BCUT2D eigenvalue weighted by molar-refractivity contribution is 4.86. The van der Waals surface area contributed by atoms with Gasteiger partial charge in [0.2, 0.25) is 0 Å². The minimum absolute atomic E-state index is 0.323. The van der Waals surface area contributed by atoms with Crippen LogP contribution < -0.4 is 5.32 Å². The van der Waals surface area contributed by atoms with Gasteiger partial charge in [0.05, 0.1) is 6.61 Å². The Balaban J connectivity index is 1.83. The topological polar surface area (TPSA) is 32.3 Å². The molecule has 1 aliphatic carbocycles. The molecule has 0 bridgehead atoms. The van der Waals surface area contributed by atoms with E-state index >= 15 is 0 Å². The summed E-state index contributed by atoms with van der Waals surface area (Å²) in [4.78, 5) is 0. The van der Waals surface area contributed by atoms with Gasteiger partial charge in [-0.25, -0.2) is 0 Å². The van der Waals surface area contributed by atoms with Gasteiger partial charge in [-0.05, 0) is 31.6 Å². The molecule has 0 aromatic carbocycles. The first kappa shape index (κ1) is 10.4. The van der Waals surface area contributed by atoms with E-state index in [1.54, 1.807) is 0 Å². The molecule has 2 heteroatoms. The van der Waals surface area contributed by atoms with Crippen LogP contribution in [0.5, 0.6) is 0 Å². The van der Waals surface area contributed by atoms with Gasteiger partial charge in [0.25, 0.3) is 0 Å². The molecule has 0 radical (unpaired) electrons. The summed E-state index contributed by atoms with van der Waals surface area (Å²) >= 11 is 0. The second-order valence-electron chi connectivity index (χ2n) is 4.98. The van der Waals surface area contributed by atoms with E-state index in [1.165, 1.54) is 51.4 Å². The van der Waals surface area contributed by atoms with Gasteiger partial charge in [0.15, 0.2) is 0 Å². The molecule has 1 heterocycles. The average molecular weight is 197 g/mol. The highest BCUT2D eigenvalue weighted by Crippen LogP contribution is 2.30. The van der Waals surface area contributed by atoms with E-state index in [2.05, 4.69) is 5.32 Å². The molecule has 2 aliphatic rings. The first-order valence-electron chi connectivity index (χ1n) is 6.27. The zero-order chi connectivity index (χ0) is 9.80. The van der Waals surface area contributed by atoms with Crippen LogP contribution in [0.3, 0.4) is 0 Å². The van der Waals surface area contributed by atoms with Gasteiger partial charge >= 0.3 is 0 Å². The number of rotatable bonds is 2. The molecule has 1 aliphatic heterocycles. The fraction of sp³-hybridized carbons (Fsp3) is 1.00. The van der Waals surface area contributed by atoms with Crippen molar-refractivity contribution in [3.8, 4) is 0 Å². The van der Waals surface area contributed by atoms with Gasteiger partial charge in [0, 0.05) is 12.1 Å². The van der Waals surface area contributed by atoms with Crippen LogP contribution in [-0.4, -0.2) is 23.8 Å². The maximum atomic E-state index is 9.14. The Morgan fingerprint density at radius 1 is 0.929 bits per heavy atom. The van der Waals surface area contributed by atoms with Crippen molar-refractivity contribution < 1.29 is 5.11 Å². The van der Waals surface area contributed by atoms with E-state index < -0.39 is 0 Å². The van der Waals surface area contributed by atoms with Crippen molar-refractivity contribution >= 4 is 0 Å². The van der Waals surface area contributed by atoms with Crippen LogP contribution in [-0.2, 0) is 0 Å². The van der Waals surface area contributed by atoms with Gasteiger partial charge in [-0.3, -0.25) is 0 Å². The molecule has 2 fully saturated rings. The second-order valence-corrected chi connectivity index (χ2v) is 4.98. The molecule has 1 saturated carbocycles. The van der Waals surface area contributed by atoms with Crippen molar-refractivity contribution in [2.75, 3.05) is 6.61 Å². The monoisotopic (exact) mass is 197 g/mol. The number of aliphatic hydroxyl groups excluding tert-OH is 1. The van der Waals surface area contributed by atoms with E-state index in [0.717, 1.165) is 5.92 Å². The number of piperidine rings is 1. The van der Waals surface area contributed by atoms with Gasteiger partial charge in [-0.2, -0.15) is 0 Å². The van der Waals surface area contributed by atoms with E-state index in [9.17, 15) is 0 Å². The molecule has 0 amide bonds. The summed E-state index contributed by atoms with van der Waals surface area (Å²) in [7, 11) is 0. The average Bonchev–Trinajstić information content (AvgIpc) is 2.30. The summed E-state index contributed by atoms with van der Waals surface area (Å²) in [5.41, 5.74) is 0. The Bertz CT molecular complexity index is 166. The third-order valence-corrected chi connectivity index (χ3v) is 3.96. The minimum Gasteiger partial charge on any atom is -0.395 e. The quantitative estimate of drug-likeness (QED) is 0.710.